The van der Waals surface area contributed by atoms with Crippen molar-refractivity contribution in [3.05, 3.63) is 46.6 Å². The number of carboxylic acids is 2. The zero-order valence-electron chi connectivity index (χ0n) is 19.4. The van der Waals surface area contributed by atoms with Gasteiger partial charge in [-0.15, -0.1) is 0 Å². The molecule has 13 heteroatoms. The number of carbonyl (C=O) groups excluding carboxylic acids is 6. The molecule has 0 amide bonds. The van der Waals surface area contributed by atoms with E-state index in [9.17, 15) is 38.4 Å². The molecule has 0 aliphatic heterocycles. The third kappa shape index (κ3) is 8.80. The summed E-state index contributed by atoms with van der Waals surface area (Å²) in [6.45, 7) is 0. The highest BCUT2D eigenvalue weighted by Gasteiger charge is 2.27. The summed E-state index contributed by atoms with van der Waals surface area (Å²) in [4.78, 5) is 93.2. The smallest absolute Gasteiger partial charge is 0.342 e. The standard InChI is InChI=1S/C24H22O13/c25-17(9-11-19(27)36-23(33)15-7-3-1-5-13(15)21(29)30)35-18(26)10-12-20(28)37-24(34)16-8-4-2-6-14(16)22(31)32/h9-12H,1-8H2,(H,29,30)(H,31,32). The van der Waals surface area contributed by atoms with Crippen LogP contribution in [0.15, 0.2) is 46.6 Å². The molecule has 0 bridgehead atoms. The minimum Gasteiger partial charge on any atom is -0.478 e. The lowest BCUT2D eigenvalue weighted by Crippen LogP contribution is -2.20. The first kappa shape index (κ1) is 28.6. The van der Waals surface area contributed by atoms with Crippen molar-refractivity contribution in [1.29, 1.82) is 0 Å². The van der Waals surface area contributed by atoms with Crippen LogP contribution >= 0.6 is 0 Å². The number of hydrogen-bond acceptors (Lipinski definition) is 11. The van der Waals surface area contributed by atoms with Crippen molar-refractivity contribution in [3.63, 3.8) is 0 Å². The van der Waals surface area contributed by atoms with Gasteiger partial charge < -0.3 is 24.4 Å². The number of esters is 6. The molecule has 2 rings (SSSR count). The fourth-order valence-electron chi connectivity index (χ4n) is 3.55. The normalized spacial score (nSPS) is 15.9. The summed E-state index contributed by atoms with van der Waals surface area (Å²) < 4.78 is 13.3. The van der Waals surface area contributed by atoms with Crippen LogP contribution in [0.1, 0.15) is 51.4 Å². The number of hydrogen-bond donors (Lipinski definition) is 2. The summed E-state index contributed by atoms with van der Waals surface area (Å²) in [7, 11) is 0. The predicted octanol–water partition coefficient (Wildman–Crippen LogP) is 1.22. The van der Waals surface area contributed by atoms with Crippen molar-refractivity contribution in [2.24, 2.45) is 0 Å². The van der Waals surface area contributed by atoms with Gasteiger partial charge in [0.2, 0.25) is 0 Å². The van der Waals surface area contributed by atoms with Gasteiger partial charge >= 0.3 is 47.8 Å². The predicted molar refractivity (Wildman–Crippen MR) is 118 cm³/mol. The summed E-state index contributed by atoms with van der Waals surface area (Å²) in [6.07, 6.45) is 4.61. The number of carbonyl (C=O) groups is 8. The number of carboxylic acid groups (broad SMARTS) is 2. The molecule has 2 aliphatic rings. The van der Waals surface area contributed by atoms with Crippen LogP contribution in [0, 0.1) is 0 Å². The molecule has 0 fully saturated rings. The molecule has 13 nitrogen and oxygen atoms in total. The molecule has 0 aromatic rings. The molecule has 37 heavy (non-hydrogen) atoms. The molecule has 0 atom stereocenters. The molecule has 2 aliphatic carbocycles. The number of ether oxygens (including phenoxy) is 3. The molecule has 2 N–H and O–H groups in total. The van der Waals surface area contributed by atoms with Crippen molar-refractivity contribution in [1.82, 2.24) is 0 Å². The molecule has 0 radical (unpaired) electrons. The van der Waals surface area contributed by atoms with E-state index in [1.54, 1.807) is 0 Å². The van der Waals surface area contributed by atoms with Gasteiger partial charge in [0.15, 0.2) is 0 Å². The molecule has 0 aromatic heterocycles. The first-order valence-electron chi connectivity index (χ1n) is 11.0. The highest BCUT2D eigenvalue weighted by atomic mass is 16.6. The van der Waals surface area contributed by atoms with Crippen molar-refractivity contribution < 1.29 is 62.8 Å². The Morgan fingerprint density at radius 2 is 0.730 bits per heavy atom. The van der Waals surface area contributed by atoms with Crippen LogP contribution in [-0.4, -0.2) is 58.0 Å². The van der Waals surface area contributed by atoms with E-state index in [1.807, 2.05) is 0 Å². The Labute approximate surface area is 209 Å². The highest BCUT2D eigenvalue weighted by Crippen LogP contribution is 2.27. The van der Waals surface area contributed by atoms with Crippen molar-refractivity contribution in [2.45, 2.75) is 51.4 Å². The third-order valence-electron chi connectivity index (χ3n) is 5.24. The Morgan fingerprint density at radius 1 is 0.459 bits per heavy atom. The lowest BCUT2D eigenvalue weighted by Gasteiger charge is -2.15. The maximum Gasteiger partial charge on any atom is 0.342 e. The molecule has 0 saturated carbocycles. The van der Waals surface area contributed by atoms with Gasteiger partial charge in [-0.3, -0.25) is 0 Å². The van der Waals surface area contributed by atoms with Crippen LogP contribution in [0.3, 0.4) is 0 Å². The summed E-state index contributed by atoms with van der Waals surface area (Å²) >= 11 is 0. The van der Waals surface area contributed by atoms with Crippen LogP contribution in [0.2, 0.25) is 0 Å². The minimum absolute atomic E-state index is 0.118. The summed E-state index contributed by atoms with van der Waals surface area (Å²) in [5, 5.41) is 18.3. The fraction of sp³-hybridized carbons (Fsp3) is 0.333. The summed E-state index contributed by atoms with van der Waals surface area (Å²) in [6, 6.07) is 0. The average Bonchev–Trinajstić information content (AvgIpc) is 2.86. The van der Waals surface area contributed by atoms with Gasteiger partial charge in [-0.25, -0.2) is 38.4 Å². The molecule has 0 saturated heterocycles. The molecular formula is C24H22O13. The maximum absolute atomic E-state index is 12.0. The zero-order chi connectivity index (χ0) is 27.5. The van der Waals surface area contributed by atoms with E-state index in [2.05, 4.69) is 14.2 Å². The monoisotopic (exact) mass is 518 g/mol. The number of aliphatic carboxylic acids is 2. The van der Waals surface area contributed by atoms with Gasteiger partial charge in [-0.1, -0.05) is 0 Å². The second-order valence-electron chi connectivity index (χ2n) is 7.76. The lowest BCUT2D eigenvalue weighted by atomic mass is 9.92. The minimum atomic E-state index is -1.37. The third-order valence-corrected chi connectivity index (χ3v) is 5.24. The van der Waals surface area contributed by atoms with Crippen molar-refractivity contribution in [2.75, 3.05) is 0 Å². The Kier molecular flexibility index (Phi) is 10.4. The SMILES string of the molecule is O=C(C=CC(=O)OC(=O)C1=C(C(=O)O)CCCC1)OC(=O)C=CC(=O)OC(=O)C1=C(C(=O)O)CCCC1. The fourth-order valence-corrected chi connectivity index (χ4v) is 3.55. The molecule has 196 valence electrons. The van der Waals surface area contributed by atoms with E-state index in [0.717, 1.165) is 0 Å². The van der Waals surface area contributed by atoms with E-state index in [4.69, 9.17) is 10.2 Å². The van der Waals surface area contributed by atoms with Gasteiger partial charge in [0.25, 0.3) is 0 Å². The molecule has 0 unspecified atom stereocenters. The topological polar surface area (TPSA) is 205 Å². The molecule has 0 spiro atoms. The first-order chi connectivity index (χ1) is 17.5. The summed E-state index contributed by atoms with van der Waals surface area (Å²) in [5.74, 6) is -10.3. The Morgan fingerprint density at radius 3 is 1.03 bits per heavy atom. The van der Waals surface area contributed by atoms with Crippen molar-refractivity contribution in [3.8, 4) is 0 Å². The van der Waals surface area contributed by atoms with Crippen LogP contribution in [0.4, 0.5) is 0 Å². The Bertz CT molecular complexity index is 1070. The van der Waals surface area contributed by atoms with Crippen molar-refractivity contribution >= 4 is 47.8 Å². The average molecular weight is 518 g/mol. The molecule has 0 heterocycles. The van der Waals surface area contributed by atoms with E-state index in [1.165, 1.54) is 0 Å². The van der Waals surface area contributed by atoms with E-state index in [-0.39, 0.29) is 48.0 Å². The van der Waals surface area contributed by atoms with Gasteiger partial charge in [0.1, 0.15) is 0 Å². The second-order valence-corrected chi connectivity index (χ2v) is 7.76. The molecule has 0 aromatic carbocycles. The van der Waals surface area contributed by atoms with E-state index >= 15 is 0 Å². The Hall–Kier alpha value is -4.68. The van der Waals surface area contributed by atoms with Crippen LogP contribution in [0.25, 0.3) is 0 Å². The quantitative estimate of drug-likeness (QED) is 0.201. The van der Waals surface area contributed by atoms with Gasteiger partial charge in [-0.2, -0.15) is 0 Å². The van der Waals surface area contributed by atoms with Gasteiger partial charge in [-0.05, 0) is 51.4 Å². The van der Waals surface area contributed by atoms with Crippen LogP contribution in [0.5, 0.6) is 0 Å². The van der Waals surface area contributed by atoms with Gasteiger partial charge in [0, 0.05) is 46.6 Å². The first-order valence-corrected chi connectivity index (χ1v) is 11.0. The largest absolute Gasteiger partial charge is 0.478 e. The van der Waals surface area contributed by atoms with Crippen LogP contribution in [-0.2, 0) is 52.6 Å². The molecular weight excluding hydrogens is 496 g/mol. The Balaban J connectivity index is 1.85. The van der Waals surface area contributed by atoms with E-state index < -0.39 is 47.8 Å². The van der Waals surface area contributed by atoms with Crippen LogP contribution < -0.4 is 0 Å². The van der Waals surface area contributed by atoms with E-state index in [0.29, 0.717) is 50.0 Å². The summed E-state index contributed by atoms with van der Waals surface area (Å²) in [5.41, 5.74) is -0.592. The number of rotatable bonds is 8. The lowest BCUT2D eigenvalue weighted by molar-refractivity contribution is -0.156. The maximum atomic E-state index is 12.0. The van der Waals surface area contributed by atoms with Gasteiger partial charge in [0.05, 0.1) is 0 Å². The zero-order valence-corrected chi connectivity index (χ0v) is 19.4. The highest BCUT2D eigenvalue weighted by molar-refractivity contribution is 6.07. The second kappa shape index (κ2) is 13.4.